The Kier molecular flexibility index (Phi) is 9.24. The van der Waals surface area contributed by atoms with E-state index in [4.69, 9.17) is 14.0 Å². The number of nitrogens with one attached hydrogen (secondary N) is 1. The minimum atomic E-state index is -0.205. The lowest BCUT2D eigenvalue weighted by molar-refractivity contribution is -0.149. The molecule has 0 aliphatic heterocycles. The monoisotopic (exact) mass is 519 g/mol. The fourth-order valence-corrected chi connectivity index (χ4v) is 4.46. The Morgan fingerprint density at radius 2 is 1.66 bits per heavy atom. The number of ketones is 1. The number of Topliss-reactive ketones (excluding diaryl/α,β-unsaturated/α-hetero) is 1. The van der Waals surface area contributed by atoms with Crippen LogP contribution in [0, 0.1) is 12.8 Å². The van der Waals surface area contributed by atoms with Crippen LogP contribution in [-0.4, -0.2) is 47.1 Å². The first-order valence-electron chi connectivity index (χ1n) is 13.1. The van der Waals surface area contributed by atoms with Crippen molar-refractivity contribution in [3.8, 4) is 17.2 Å². The number of hydrogen-bond donors (Lipinski definition) is 1. The Labute approximate surface area is 221 Å². The van der Waals surface area contributed by atoms with Crippen molar-refractivity contribution in [2.24, 2.45) is 5.92 Å². The average molecular weight is 520 g/mol. The fraction of sp³-hybridized carbons (Fsp3) is 0.414. The lowest BCUT2D eigenvalue weighted by atomic mass is 9.87. The summed E-state index contributed by atoms with van der Waals surface area (Å²) in [5.41, 5.74) is 1.87. The van der Waals surface area contributed by atoms with Crippen LogP contribution >= 0.6 is 0 Å². The van der Waals surface area contributed by atoms with Gasteiger partial charge in [0.2, 0.25) is 0 Å². The number of amides is 1. The average Bonchev–Trinajstić information content (AvgIpc) is 3.38. The van der Waals surface area contributed by atoms with Crippen molar-refractivity contribution in [2.75, 3.05) is 13.2 Å². The highest BCUT2D eigenvalue weighted by Crippen LogP contribution is 2.29. The van der Waals surface area contributed by atoms with E-state index in [1.807, 2.05) is 19.1 Å². The van der Waals surface area contributed by atoms with Crippen molar-refractivity contribution in [2.45, 2.75) is 58.5 Å². The van der Waals surface area contributed by atoms with Crippen LogP contribution in [0.4, 0.5) is 0 Å². The van der Waals surface area contributed by atoms with Crippen LogP contribution < -0.4 is 10.1 Å². The number of benzene rings is 2. The maximum atomic E-state index is 12.6. The third-order valence-corrected chi connectivity index (χ3v) is 6.56. The molecule has 38 heavy (non-hydrogen) atoms. The third-order valence-electron chi connectivity index (χ3n) is 6.56. The minimum absolute atomic E-state index is 0.0138. The summed E-state index contributed by atoms with van der Waals surface area (Å²) < 4.78 is 16.3. The van der Waals surface area contributed by atoms with Crippen LogP contribution in [0.1, 0.15) is 72.0 Å². The molecular weight excluding hydrogens is 486 g/mol. The van der Waals surface area contributed by atoms with Crippen LogP contribution in [0.2, 0.25) is 0 Å². The molecule has 1 fully saturated rings. The maximum Gasteiger partial charge on any atom is 0.308 e. The molecule has 4 rings (SSSR count). The second-order valence-electron chi connectivity index (χ2n) is 9.37. The van der Waals surface area contributed by atoms with Crippen molar-refractivity contribution in [3.05, 3.63) is 65.5 Å². The quantitative estimate of drug-likeness (QED) is 0.215. The van der Waals surface area contributed by atoms with Gasteiger partial charge in [-0.25, -0.2) is 0 Å². The van der Waals surface area contributed by atoms with Gasteiger partial charge >= 0.3 is 5.97 Å². The van der Waals surface area contributed by atoms with E-state index in [9.17, 15) is 14.4 Å². The summed E-state index contributed by atoms with van der Waals surface area (Å²) in [6, 6.07) is 14.1. The summed E-state index contributed by atoms with van der Waals surface area (Å²) in [5.74, 6) is 1.33. The Balaban J connectivity index is 1.16. The lowest BCUT2D eigenvalue weighted by Crippen LogP contribution is -2.29. The lowest BCUT2D eigenvalue weighted by Gasteiger charge is -2.27. The van der Waals surface area contributed by atoms with Gasteiger partial charge in [-0.05, 0) is 94.5 Å². The van der Waals surface area contributed by atoms with E-state index in [2.05, 4.69) is 15.5 Å². The fourth-order valence-electron chi connectivity index (χ4n) is 4.46. The standard InChI is InChI=1S/C29H33N3O6/c1-3-36-29(35)23-12-16-25(17-13-23)37-24-14-10-20(11-15-24)26(33)5-4-18-30-27(34)21-6-8-22(9-7-21)28-31-19(2)32-38-28/h6-11,14-15,23,25H,3-5,12-13,16-18H2,1-2H3,(H,30,34). The molecule has 0 spiro atoms. The Hall–Kier alpha value is -4.01. The number of ether oxygens (including phenoxy) is 2. The number of esters is 1. The Morgan fingerprint density at radius 3 is 2.29 bits per heavy atom. The second-order valence-corrected chi connectivity index (χ2v) is 9.37. The van der Waals surface area contributed by atoms with Gasteiger partial charge < -0.3 is 19.3 Å². The van der Waals surface area contributed by atoms with Gasteiger partial charge in [-0.3, -0.25) is 14.4 Å². The topological polar surface area (TPSA) is 121 Å². The molecule has 1 aromatic heterocycles. The van der Waals surface area contributed by atoms with E-state index in [0.717, 1.165) is 31.2 Å². The highest BCUT2D eigenvalue weighted by atomic mass is 16.5. The summed E-state index contributed by atoms with van der Waals surface area (Å²) >= 11 is 0. The second kappa shape index (κ2) is 13.0. The molecule has 1 aliphatic rings. The van der Waals surface area contributed by atoms with E-state index < -0.39 is 0 Å². The van der Waals surface area contributed by atoms with E-state index >= 15 is 0 Å². The van der Waals surface area contributed by atoms with Crippen molar-refractivity contribution >= 4 is 17.7 Å². The van der Waals surface area contributed by atoms with Crippen molar-refractivity contribution in [1.29, 1.82) is 0 Å². The van der Waals surface area contributed by atoms with Gasteiger partial charge in [-0.2, -0.15) is 4.98 Å². The van der Waals surface area contributed by atoms with Crippen LogP contribution in [0.15, 0.2) is 53.1 Å². The van der Waals surface area contributed by atoms with Crippen molar-refractivity contribution in [3.63, 3.8) is 0 Å². The van der Waals surface area contributed by atoms with Gasteiger partial charge in [0, 0.05) is 29.7 Å². The molecule has 3 aromatic rings. The first-order chi connectivity index (χ1) is 18.4. The maximum absolute atomic E-state index is 12.6. The van der Waals surface area contributed by atoms with E-state index in [1.54, 1.807) is 43.3 Å². The summed E-state index contributed by atoms with van der Waals surface area (Å²) in [6.45, 7) is 4.37. The molecule has 2 aromatic carbocycles. The molecule has 1 aliphatic carbocycles. The SMILES string of the molecule is CCOC(=O)C1CCC(Oc2ccc(C(=O)CCCNC(=O)c3ccc(-c4nc(C)no4)cc3)cc2)CC1. The Bertz CT molecular complexity index is 1230. The largest absolute Gasteiger partial charge is 0.490 e. The summed E-state index contributed by atoms with van der Waals surface area (Å²) in [4.78, 5) is 41.0. The molecule has 200 valence electrons. The zero-order chi connectivity index (χ0) is 26.9. The van der Waals surface area contributed by atoms with Gasteiger partial charge in [0.25, 0.3) is 11.8 Å². The molecule has 0 radical (unpaired) electrons. The molecule has 9 nitrogen and oxygen atoms in total. The number of carbonyl (C=O) groups is 3. The first-order valence-corrected chi connectivity index (χ1v) is 13.1. The minimum Gasteiger partial charge on any atom is -0.490 e. The number of rotatable bonds is 11. The van der Waals surface area contributed by atoms with Crippen molar-refractivity contribution in [1.82, 2.24) is 15.5 Å². The third kappa shape index (κ3) is 7.27. The predicted molar refractivity (Wildman–Crippen MR) is 140 cm³/mol. The number of aromatic nitrogens is 2. The molecule has 1 saturated carbocycles. The molecule has 0 unspecified atom stereocenters. The zero-order valence-electron chi connectivity index (χ0n) is 21.8. The molecule has 1 heterocycles. The number of aryl methyl sites for hydroxylation is 1. The highest BCUT2D eigenvalue weighted by molar-refractivity contribution is 5.96. The van der Waals surface area contributed by atoms with Crippen LogP contribution in [-0.2, 0) is 9.53 Å². The smallest absolute Gasteiger partial charge is 0.308 e. The van der Waals surface area contributed by atoms with E-state index in [0.29, 0.717) is 54.6 Å². The van der Waals surface area contributed by atoms with Gasteiger partial charge in [0.05, 0.1) is 18.6 Å². The van der Waals surface area contributed by atoms with E-state index in [1.165, 1.54) is 0 Å². The molecule has 1 N–H and O–H groups in total. The van der Waals surface area contributed by atoms with Crippen LogP contribution in [0.25, 0.3) is 11.5 Å². The van der Waals surface area contributed by atoms with Crippen LogP contribution in [0.5, 0.6) is 5.75 Å². The van der Waals surface area contributed by atoms with Gasteiger partial charge in [-0.1, -0.05) is 5.16 Å². The summed E-state index contributed by atoms with van der Waals surface area (Å²) in [7, 11) is 0. The molecular formula is C29H33N3O6. The molecule has 0 saturated heterocycles. The Morgan fingerprint density at radius 1 is 0.974 bits per heavy atom. The summed E-state index contributed by atoms with van der Waals surface area (Å²) in [5, 5.41) is 6.61. The molecule has 0 atom stereocenters. The highest BCUT2D eigenvalue weighted by Gasteiger charge is 2.28. The summed E-state index contributed by atoms with van der Waals surface area (Å²) in [6.07, 6.45) is 4.06. The van der Waals surface area contributed by atoms with Gasteiger partial charge in [0.15, 0.2) is 11.6 Å². The molecule has 1 amide bonds. The van der Waals surface area contributed by atoms with Gasteiger partial charge in [-0.15, -0.1) is 0 Å². The molecule has 0 bridgehead atoms. The van der Waals surface area contributed by atoms with Crippen LogP contribution in [0.3, 0.4) is 0 Å². The zero-order valence-corrected chi connectivity index (χ0v) is 21.8. The number of nitrogens with zero attached hydrogens (tertiary/aromatic N) is 2. The number of hydrogen-bond acceptors (Lipinski definition) is 8. The predicted octanol–water partition coefficient (Wildman–Crippen LogP) is 4.94. The number of carbonyl (C=O) groups excluding carboxylic acids is 3. The van der Waals surface area contributed by atoms with Crippen molar-refractivity contribution < 1.29 is 28.4 Å². The van der Waals surface area contributed by atoms with Gasteiger partial charge in [0.1, 0.15) is 5.75 Å². The van der Waals surface area contributed by atoms with E-state index in [-0.39, 0.29) is 29.7 Å². The normalized spacial score (nSPS) is 17.0. The first kappa shape index (κ1) is 27.0. The molecule has 9 heteroatoms.